The molecule has 0 saturated heterocycles. The van der Waals surface area contributed by atoms with Crippen molar-refractivity contribution in [3.8, 4) is 0 Å². The van der Waals surface area contributed by atoms with Gasteiger partial charge < -0.3 is 21.1 Å². The zero-order valence-corrected chi connectivity index (χ0v) is 14.8. The predicted octanol–water partition coefficient (Wildman–Crippen LogP) is 2.43. The molecule has 1 aliphatic rings. The molecular weight excluding hydrogens is 330 g/mol. The predicted molar refractivity (Wildman–Crippen MR) is 99.6 cm³/mol. The van der Waals surface area contributed by atoms with E-state index in [2.05, 4.69) is 5.32 Å². The molecule has 2 aromatic carbocycles. The molecule has 6 heteroatoms. The van der Waals surface area contributed by atoms with E-state index in [9.17, 15) is 14.7 Å². The molecule has 0 aliphatic carbocycles. The lowest BCUT2D eigenvalue weighted by molar-refractivity contribution is -0.121. The SMILES string of the molecule is C[C@@H](O)c1ccc2c(c1)C[C@@H](NC(N)=O)C(=O)N2[C@@H](C)c1ccccc1. The first-order chi connectivity index (χ1) is 12.4. The van der Waals surface area contributed by atoms with Crippen molar-refractivity contribution in [1.82, 2.24) is 5.32 Å². The lowest BCUT2D eigenvalue weighted by atomic mass is 9.92. The molecule has 0 aromatic heterocycles. The van der Waals surface area contributed by atoms with E-state index in [1.807, 2.05) is 55.5 Å². The molecule has 0 radical (unpaired) electrons. The van der Waals surface area contributed by atoms with Gasteiger partial charge in [-0.25, -0.2) is 4.79 Å². The number of rotatable bonds is 4. The summed E-state index contributed by atoms with van der Waals surface area (Å²) >= 11 is 0. The number of nitrogens with one attached hydrogen (secondary N) is 1. The second-order valence-electron chi connectivity index (χ2n) is 6.62. The Morgan fingerprint density at radius 2 is 1.88 bits per heavy atom. The van der Waals surface area contributed by atoms with E-state index in [-0.39, 0.29) is 11.9 Å². The smallest absolute Gasteiger partial charge is 0.312 e. The molecule has 1 heterocycles. The third-order valence-electron chi connectivity index (χ3n) is 4.79. The van der Waals surface area contributed by atoms with E-state index in [1.165, 1.54) is 0 Å². The van der Waals surface area contributed by atoms with E-state index < -0.39 is 18.2 Å². The van der Waals surface area contributed by atoms with Crippen molar-refractivity contribution >= 4 is 17.6 Å². The molecule has 3 rings (SSSR count). The van der Waals surface area contributed by atoms with Crippen LogP contribution in [0.25, 0.3) is 0 Å². The fraction of sp³-hybridized carbons (Fsp3) is 0.300. The van der Waals surface area contributed by atoms with Gasteiger partial charge in [0.2, 0.25) is 0 Å². The van der Waals surface area contributed by atoms with Gasteiger partial charge in [-0.2, -0.15) is 0 Å². The molecule has 3 atom stereocenters. The highest BCUT2D eigenvalue weighted by Crippen LogP contribution is 2.36. The Morgan fingerprint density at radius 1 is 1.19 bits per heavy atom. The Balaban J connectivity index is 2.06. The summed E-state index contributed by atoms with van der Waals surface area (Å²) in [6, 6.07) is 13.6. The van der Waals surface area contributed by atoms with Crippen molar-refractivity contribution in [3.63, 3.8) is 0 Å². The molecule has 0 spiro atoms. The number of anilines is 1. The number of hydrogen-bond donors (Lipinski definition) is 3. The number of aliphatic hydroxyl groups excluding tert-OH is 1. The number of benzene rings is 2. The monoisotopic (exact) mass is 353 g/mol. The van der Waals surface area contributed by atoms with E-state index >= 15 is 0 Å². The highest BCUT2D eigenvalue weighted by atomic mass is 16.3. The number of urea groups is 1. The summed E-state index contributed by atoms with van der Waals surface area (Å²) in [6.45, 7) is 3.64. The number of amides is 3. The van der Waals surface area contributed by atoms with Crippen LogP contribution in [0.5, 0.6) is 0 Å². The van der Waals surface area contributed by atoms with Crippen LogP contribution in [-0.4, -0.2) is 23.1 Å². The maximum absolute atomic E-state index is 13.1. The minimum Gasteiger partial charge on any atom is -0.389 e. The minimum atomic E-state index is -0.731. The van der Waals surface area contributed by atoms with Crippen LogP contribution < -0.4 is 16.0 Å². The van der Waals surface area contributed by atoms with Crippen LogP contribution in [0.2, 0.25) is 0 Å². The van der Waals surface area contributed by atoms with Crippen LogP contribution in [0.4, 0.5) is 10.5 Å². The second-order valence-corrected chi connectivity index (χ2v) is 6.62. The van der Waals surface area contributed by atoms with Gasteiger partial charge in [-0.3, -0.25) is 4.79 Å². The van der Waals surface area contributed by atoms with Crippen molar-refractivity contribution in [2.45, 2.75) is 38.5 Å². The molecule has 3 amide bonds. The number of carbonyl (C=O) groups is 2. The Bertz CT molecular complexity index is 820. The number of hydrogen-bond acceptors (Lipinski definition) is 3. The molecule has 4 N–H and O–H groups in total. The highest BCUT2D eigenvalue weighted by molar-refractivity contribution is 6.02. The van der Waals surface area contributed by atoms with Gasteiger partial charge in [0.1, 0.15) is 6.04 Å². The van der Waals surface area contributed by atoms with Gasteiger partial charge in [0.15, 0.2) is 0 Å². The minimum absolute atomic E-state index is 0.197. The summed E-state index contributed by atoms with van der Waals surface area (Å²) in [5.74, 6) is -0.197. The fourth-order valence-electron chi connectivity index (χ4n) is 3.42. The Hall–Kier alpha value is -2.86. The fourth-order valence-corrected chi connectivity index (χ4v) is 3.42. The average molecular weight is 353 g/mol. The first kappa shape index (κ1) is 17.9. The maximum atomic E-state index is 13.1. The van der Waals surface area contributed by atoms with Gasteiger partial charge in [0.25, 0.3) is 5.91 Å². The molecule has 6 nitrogen and oxygen atoms in total. The standard InChI is InChI=1S/C20H23N3O3/c1-12(14-6-4-3-5-7-14)23-18-9-8-15(13(2)24)10-16(18)11-17(19(23)25)22-20(21)26/h3-10,12-13,17,24H,11H2,1-2H3,(H3,21,22,26)/t12-,13+,17+/m0/s1. The van der Waals surface area contributed by atoms with Crippen LogP contribution in [0.3, 0.4) is 0 Å². The third kappa shape index (κ3) is 3.41. The summed E-state index contributed by atoms with van der Waals surface area (Å²) < 4.78 is 0. The highest BCUT2D eigenvalue weighted by Gasteiger charge is 2.36. The van der Waals surface area contributed by atoms with Gasteiger partial charge in [0.05, 0.1) is 12.1 Å². The van der Waals surface area contributed by atoms with Crippen molar-refractivity contribution in [1.29, 1.82) is 0 Å². The zero-order chi connectivity index (χ0) is 18.8. The van der Waals surface area contributed by atoms with Crippen molar-refractivity contribution in [2.24, 2.45) is 5.73 Å². The number of primary amides is 1. The zero-order valence-electron chi connectivity index (χ0n) is 14.8. The summed E-state index contributed by atoms with van der Waals surface area (Å²) in [5.41, 5.74) is 8.70. The Morgan fingerprint density at radius 3 is 2.50 bits per heavy atom. The normalized spacial score (nSPS) is 18.8. The molecule has 0 fully saturated rings. The first-order valence-electron chi connectivity index (χ1n) is 8.63. The van der Waals surface area contributed by atoms with E-state index in [4.69, 9.17) is 5.73 Å². The summed E-state index contributed by atoms with van der Waals surface area (Å²) in [7, 11) is 0. The van der Waals surface area contributed by atoms with E-state index in [1.54, 1.807) is 11.8 Å². The van der Waals surface area contributed by atoms with Crippen LogP contribution >= 0.6 is 0 Å². The van der Waals surface area contributed by atoms with Crippen LogP contribution in [0, 0.1) is 0 Å². The van der Waals surface area contributed by atoms with E-state index in [0.717, 1.165) is 22.4 Å². The molecule has 1 aliphatic heterocycles. The quantitative estimate of drug-likeness (QED) is 0.788. The first-order valence-corrected chi connectivity index (χ1v) is 8.63. The molecular formula is C20H23N3O3. The summed E-state index contributed by atoms with van der Waals surface area (Å²) in [4.78, 5) is 26.1. The number of carbonyl (C=O) groups excluding carboxylic acids is 2. The van der Waals surface area contributed by atoms with Crippen molar-refractivity contribution in [3.05, 3.63) is 65.2 Å². The Kier molecular flexibility index (Phi) is 4.95. The molecule has 0 saturated carbocycles. The number of fused-ring (bicyclic) bond motifs is 1. The summed E-state index contributed by atoms with van der Waals surface area (Å²) in [6.07, 6.45) is -0.268. The molecule has 2 aromatic rings. The largest absolute Gasteiger partial charge is 0.389 e. The lowest BCUT2D eigenvalue weighted by Crippen LogP contribution is -2.54. The van der Waals surface area contributed by atoms with Gasteiger partial charge in [-0.05, 0) is 36.6 Å². The van der Waals surface area contributed by atoms with Gasteiger partial charge in [-0.15, -0.1) is 0 Å². The van der Waals surface area contributed by atoms with Crippen LogP contribution in [0.15, 0.2) is 48.5 Å². The molecule has 26 heavy (non-hydrogen) atoms. The average Bonchev–Trinajstić information content (AvgIpc) is 2.62. The number of nitrogens with two attached hydrogens (primary N) is 1. The van der Waals surface area contributed by atoms with Gasteiger partial charge >= 0.3 is 6.03 Å². The number of nitrogens with zero attached hydrogens (tertiary/aromatic N) is 1. The topological polar surface area (TPSA) is 95.7 Å². The second kappa shape index (κ2) is 7.17. The maximum Gasteiger partial charge on any atom is 0.312 e. The van der Waals surface area contributed by atoms with Crippen molar-refractivity contribution in [2.75, 3.05) is 4.90 Å². The Labute approximate surface area is 152 Å². The van der Waals surface area contributed by atoms with Crippen LogP contribution in [-0.2, 0) is 11.2 Å². The summed E-state index contributed by atoms with van der Waals surface area (Å²) in [5, 5.41) is 12.4. The third-order valence-corrected chi connectivity index (χ3v) is 4.79. The number of aliphatic hydroxyl groups is 1. The van der Waals surface area contributed by atoms with E-state index in [0.29, 0.717) is 6.42 Å². The van der Waals surface area contributed by atoms with Gasteiger partial charge in [0, 0.05) is 12.1 Å². The molecule has 0 unspecified atom stereocenters. The molecule has 136 valence electrons. The molecule has 0 bridgehead atoms. The van der Waals surface area contributed by atoms with Crippen LogP contribution in [0.1, 0.15) is 42.7 Å². The van der Waals surface area contributed by atoms with Crippen molar-refractivity contribution < 1.29 is 14.7 Å². The lowest BCUT2D eigenvalue weighted by Gasteiger charge is -2.38. The van der Waals surface area contributed by atoms with Gasteiger partial charge in [-0.1, -0.05) is 42.5 Å².